The van der Waals surface area contributed by atoms with Crippen molar-refractivity contribution in [3.05, 3.63) is 205 Å². The third-order valence-electron chi connectivity index (χ3n) is 11.4. The third kappa shape index (κ3) is 6.01. The van der Waals surface area contributed by atoms with Gasteiger partial charge >= 0.3 is 0 Å². The fraction of sp³-hybridized carbons (Fsp3) is 0.0370. The van der Waals surface area contributed by atoms with E-state index in [9.17, 15) is 0 Å². The van der Waals surface area contributed by atoms with E-state index in [1.807, 2.05) is 12.1 Å². The van der Waals surface area contributed by atoms with E-state index in [1.165, 1.54) is 33.2 Å². The molecule has 2 heterocycles. The Balaban J connectivity index is 0.934. The van der Waals surface area contributed by atoms with Crippen LogP contribution in [0.4, 0.5) is 17.1 Å². The molecule has 0 fully saturated rings. The average Bonchev–Trinajstić information content (AvgIpc) is 3.85. The van der Waals surface area contributed by atoms with E-state index < -0.39 is 0 Å². The van der Waals surface area contributed by atoms with Crippen LogP contribution in [0.2, 0.25) is 0 Å². The molecule has 3 nitrogen and oxygen atoms in total. The van der Waals surface area contributed by atoms with Gasteiger partial charge in [-0.15, -0.1) is 0 Å². The molecule has 0 saturated heterocycles. The number of fused-ring (bicyclic) bond motifs is 6. The minimum Gasteiger partial charge on any atom is -0.460 e. The zero-order valence-corrected chi connectivity index (χ0v) is 31.2. The van der Waals surface area contributed by atoms with E-state index >= 15 is 0 Å². The highest BCUT2D eigenvalue weighted by molar-refractivity contribution is 6.06. The summed E-state index contributed by atoms with van der Waals surface area (Å²) in [5, 5.41) is 3.46. The molecule has 0 unspecified atom stereocenters. The van der Waals surface area contributed by atoms with Gasteiger partial charge in [0, 0.05) is 45.2 Å². The lowest BCUT2D eigenvalue weighted by atomic mass is 9.99. The Morgan fingerprint density at radius 1 is 0.351 bits per heavy atom. The van der Waals surface area contributed by atoms with Gasteiger partial charge in [0.05, 0.1) is 0 Å². The molecule has 0 amide bonds. The van der Waals surface area contributed by atoms with Gasteiger partial charge in [-0.25, -0.2) is 0 Å². The molecule has 0 spiro atoms. The Kier molecular flexibility index (Phi) is 7.96. The van der Waals surface area contributed by atoms with Crippen LogP contribution in [0.3, 0.4) is 0 Å². The molecule has 11 rings (SSSR count). The first-order valence-electron chi connectivity index (χ1n) is 19.6. The lowest BCUT2D eigenvalue weighted by molar-refractivity contribution is 0.546. The molecule has 3 heteroatoms. The van der Waals surface area contributed by atoms with Gasteiger partial charge in [0.15, 0.2) is 0 Å². The molecule has 1 aliphatic carbocycles. The highest BCUT2D eigenvalue weighted by Crippen LogP contribution is 2.40. The Bertz CT molecular complexity index is 3080. The summed E-state index contributed by atoms with van der Waals surface area (Å²) in [5.41, 5.74) is 16.6. The predicted molar refractivity (Wildman–Crippen MR) is 237 cm³/mol. The molecular weight excluding hydrogens is 695 g/mol. The maximum Gasteiger partial charge on any atom is 0.136 e. The van der Waals surface area contributed by atoms with Crippen molar-refractivity contribution in [2.45, 2.75) is 12.8 Å². The topological polar surface area (TPSA) is 29.5 Å². The van der Waals surface area contributed by atoms with E-state index in [2.05, 4.69) is 193 Å². The lowest BCUT2D eigenvalue weighted by Crippen LogP contribution is -2.09. The second-order valence-electron chi connectivity index (χ2n) is 14.8. The molecule has 0 aliphatic heterocycles. The van der Waals surface area contributed by atoms with Crippen molar-refractivity contribution < 1.29 is 8.83 Å². The molecule has 57 heavy (non-hydrogen) atoms. The number of hydrogen-bond donors (Lipinski definition) is 0. The molecule has 270 valence electrons. The van der Waals surface area contributed by atoms with Crippen LogP contribution in [0.25, 0.3) is 83.5 Å². The zero-order valence-electron chi connectivity index (χ0n) is 31.2. The molecule has 2 aromatic heterocycles. The van der Waals surface area contributed by atoms with Crippen LogP contribution in [0, 0.1) is 0 Å². The molecule has 8 aromatic carbocycles. The van der Waals surface area contributed by atoms with Crippen LogP contribution in [-0.4, -0.2) is 0 Å². The minimum absolute atomic E-state index is 0.900. The van der Waals surface area contributed by atoms with Crippen LogP contribution in [0.15, 0.2) is 203 Å². The summed E-state index contributed by atoms with van der Waals surface area (Å²) < 4.78 is 12.5. The van der Waals surface area contributed by atoms with Crippen molar-refractivity contribution in [3.8, 4) is 44.5 Å². The van der Waals surface area contributed by atoms with Gasteiger partial charge in [0.1, 0.15) is 22.5 Å². The molecule has 0 bridgehead atoms. The first-order chi connectivity index (χ1) is 28.2. The Morgan fingerprint density at radius 2 is 0.789 bits per heavy atom. The van der Waals surface area contributed by atoms with Crippen molar-refractivity contribution in [1.82, 2.24) is 0 Å². The number of anilines is 3. The lowest BCUT2D eigenvalue weighted by Gasteiger charge is -2.26. The monoisotopic (exact) mass is 731 g/mol. The maximum absolute atomic E-state index is 6.31. The first kappa shape index (κ1) is 33.0. The van der Waals surface area contributed by atoms with Gasteiger partial charge in [0.2, 0.25) is 0 Å². The van der Waals surface area contributed by atoms with Crippen LogP contribution in [0.1, 0.15) is 17.7 Å². The van der Waals surface area contributed by atoms with Gasteiger partial charge in [-0.2, -0.15) is 0 Å². The van der Waals surface area contributed by atoms with Gasteiger partial charge in [0.25, 0.3) is 0 Å². The Labute approximate surface area is 331 Å². The number of rotatable bonds is 7. The number of furan rings is 2. The largest absolute Gasteiger partial charge is 0.460 e. The summed E-state index contributed by atoms with van der Waals surface area (Å²) in [6.07, 6.45) is 6.43. The quantitative estimate of drug-likeness (QED) is 0.163. The summed E-state index contributed by atoms with van der Waals surface area (Å²) in [6.45, 7) is 0. The molecule has 1 aliphatic rings. The molecule has 0 radical (unpaired) electrons. The third-order valence-corrected chi connectivity index (χ3v) is 11.4. The summed E-state index contributed by atoms with van der Waals surface area (Å²) in [5.74, 6) is 1.09. The van der Waals surface area contributed by atoms with Crippen LogP contribution < -0.4 is 4.90 Å². The van der Waals surface area contributed by atoms with E-state index in [0.29, 0.717) is 0 Å². The molecular formula is C54H37NO2. The highest BCUT2D eigenvalue weighted by atomic mass is 16.3. The molecule has 0 N–H and O–H groups in total. The van der Waals surface area contributed by atoms with Gasteiger partial charge < -0.3 is 13.7 Å². The van der Waals surface area contributed by atoms with Crippen LogP contribution in [-0.2, 0) is 6.42 Å². The van der Waals surface area contributed by atoms with Crippen molar-refractivity contribution in [2.24, 2.45) is 0 Å². The number of aryl methyl sites for hydroxylation is 1. The molecule has 10 aromatic rings. The summed E-state index contributed by atoms with van der Waals surface area (Å²) in [4.78, 5) is 2.33. The number of hydrogen-bond acceptors (Lipinski definition) is 3. The van der Waals surface area contributed by atoms with E-state index in [-0.39, 0.29) is 0 Å². The normalized spacial score (nSPS) is 12.4. The fourth-order valence-corrected chi connectivity index (χ4v) is 8.38. The number of para-hydroxylation sites is 1. The molecule has 0 atom stereocenters. The van der Waals surface area contributed by atoms with Crippen LogP contribution >= 0.6 is 0 Å². The van der Waals surface area contributed by atoms with E-state index in [1.54, 1.807) is 0 Å². The zero-order chi connectivity index (χ0) is 37.7. The summed E-state index contributed by atoms with van der Waals surface area (Å²) >= 11 is 0. The van der Waals surface area contributed by atoms with Crippen molar-refractivity contribution in [3.63, 3.8) is 0 Å². The Hall–Kier alpha value is -7.36. The number of benzene rings is 8. The number of allylic oxidation sites excluding steroid dienone is 1. The number of nitrogens with zero attached hydrogens (tertiary/aromatic N) is 1. The van der Waals surface area contributed by atoms with Crippen molar-refractivity contribution in [2.75, 3.05) is 4.90 Å². The fourth-order valence-electron chi connectivity index (χ4n) is 8.38. The molecule has 0 saturated carbocycles. The Morgan fingerprint density at radius 3 is 1.39 bits per heavy atom. The van der Waals surface area contributed by atoms with Gasteiger partial charge in [-0.3, -0.25) is 0 Å². The smallest absolute Gasteiger partial charge is 0.136 e. The van der Waals surface area contributed by atoms with Crippen molar-refractivity contribution in [1.29, 1.82) is 0 Å². The van der Waals surface area contributed by atoms with E-state index in [0.717, 1.165) is 85.4 Å². The second-order valence-corrected chi connectivity index (χ2v) is 14.8. The van der Waals surface area contributed by atoms with Crippen LogP contribution in [0.5, 0.6) is 0 Å². The second kappa shape index (κ2) is 13.7. The average molecular weight is 732 g/mol. The highest BCUT2D eigenvalue weighted by Gasteiger charge is 2.17. The maximum atomic E-state index is 6.31. The van der Waals surface area contributed by atoms with E-state index in [4.69, 9.17) is 8.83 Å². The summed E-state index contributed by atoms with van der Waals surface area (Å²) in [7, 11) is 0. The predicted octanol–water partition coefficient (Wildman–Crippen LogP) is 15.4. The first-order valence-corrected chi connectivity index (χ1v) is 19.6. The van der Waals surface area contributed by atoms with Gasteiger partial charge in [-0.05, 0) is 118 Å². The standard InChI is InChI=1S/C54H37NO2/c1-2-8-36(9-3-1)37-14-16-38(17-15-37)39-18-26-44(27-19-39)55(45-28-20-40(21-29-45)42-24-32-49-47-10-4-6-12-51(47)56-53(49)34-42)46-30-22-41(23-31-46)43-25-33-50-48-11-5-7-13-52(48)57-54(50)35-43/h1-6,8-12,14-35H,7,13H2. The minimum atomic E-state index is 0.900. The SMILES string of the molecule is C1=Cc2c(oc3cc(-c4ccc(N(c5ccc(-c6ccc(-c7ccccc7)cc6)cc5)c5ccc(-c6ccc7c(c6)oc6ccccc67)cc5)cc4)ccc23)CC1. The van der Waals surface area contributed by atoms with Gasteiger partial charge in [-0.1, -0.05) is 133 Å². The summed E-state index contributed by atoms with van der Waals surface area (Å²) in [6, 6.07) is 67.2. The van der Waals surface area contributed by atoms with Crippen molar-refractivity contribution >= 4 is 56.0 Å².